The molecule has 0 bridgehead atoms. The molecule has 0 amide bonds. The lowest BCUT2D eigenvalue weighted by molar-refractivity contribution is 0.126. The van der Waals surface area contributed by atoms with Crippen LogP contribution in [0.25, 0.3) is 11.3 Å². The Bertz CT molecular complexity index is 860. The molecule has 1 saturated heterocycles. The number of piperidine rings is 1. The molecule has 0 radical (unpaired) electrons. The summed E-state index contributed by atoms with van der Waals surface area (Å²) in [4.78, 5) is 14.3. The summed E-state index contributed by atoms with van der Waals surface area (Å²) in [5.41, 5.74) is 3.13. The van der Waals surface area contributed by atoms with Crippen molar-refractivity contribution in [3.8, 4) is 11.3 Å². The van der Waals surface area contributed by atoms with Crippen LogP contribution in [0.2, 0.25) is 0 Å². The summed E-state index contributed by atoms with van der Waals surface area (Å²) < 4.78 is 0. The van der Waals surface area contributed by atoms with Crippen molar-refractivity contribution in [2.24, 2.45) is 5.92 Å². The zero-order valence-corrected chi connectivity index (χ0v) is 20.2. The third-order valence-electron chi connectivity index (χ3n) is 7.01. The molecular formula is C26H40N6O. The Labute approximate surface area is 198 Å². The minimum atomic E-state index is -0.172. The standard InChI is InChI=1S/C26H40N6O/c1-3-4-18(2)30-26-29-17-23(25(32-26)31-21-6-8-22(33)9-7-21)24-10-5-20(16-28-24)15-19-11-13-27-14-12-19/h5,10,16-19,21-22,27,33H,3-4,6-9,11-15H2,1-2H3,(H2,29,30,31,32). The van der Waals surface area contributed by atoms with Gasteiger partial charge in [0.15, 0.2) is 0 Å². The number of nitrogens with zero attached hydrogens (tertiary/aromatic N) is 3. The van der Waals surface area contributed by atoms with Crippen molar-refractivity contribution in [3.63, 3.8) is 0 Å². The molecule has 2 fully saturated rings. The average molecular weight is 453 g/mol. The molecule has 2 aliphatic rings. The van der Waals surface area contributed by atoms with Crippen molar-refractivity contribution in [1.82, 2.24) is 20.3 Å². The van der Waals surface area contributed by atoms with E-state index in [2.05, 4.69) is 46.9 Å². The molecule has 180 valence electrons. The van der Waals surface area contributed by atoms with Gasteiger partial charge in [0, 0.05) is 24.5 Å². The zero-order valence-electron chi connectivity index (χ0n) is 20.2. The second-order valence-electron chi connectivity index (χ2n) is 9.89. The molecule has 3 heterocycles. The lowest BCUT2D eigenvalue weighted by atomic mass is 9.91. The topological polar surface area (TPSA) is 95.0 Å². The van der Waals surface area contributed by atoms with Crippen LogP contribution in [-0.2, 0) is 6.42 Å². The van der Waals surface area contributed by atoms with Crippen LogP contribution in [0.3, 0.4) is 0 Å². The van der Waals surface area contributed by atoms with Gasteiger partial charge < -0.3 is 21.1 Å². The van der Waals surface area contributed by atoms with Crippen molar-refractivity contribution in [1.29, 1.82) is 0 Å². The molecule has 1 aliphatic heterocycles. The Morgan fingerprint density at radius 1 is 1.06 bits per heavy atom. The van der Waals surface area contributed by atoms with E-state index in [4.69, 9.17) is 9.97 Å². The summed E-state index contributed by atoms with van der Waals surface area (Å²) in [6.07, 6.45) is 13.1. The molecule has 4 N–H and O–H groups in total. The van der Waals surface area contributed by atoms with Crippen molar-refractivity contribution < 1.29 is 5.11 Å². The summed E-state index contributed by atoms with van der Waals surface area (Å²) in [6.45, 7) is 6.60. The van der Waals surface area contributed by atoms with E-state index in [1.54, 1.807) is 0 Å². The lowest BCUT2D eigenvalue weighted by Gasteiger charge is -2.27. The normalized spacial score (nSPS) is 22.6. The second kappa shape index (κ2) is 11.7. The van der Waals surface area contributed by atoms with Gasteiger partial charge >= 0.3 is 0 Å². The smallest absolute Gasteiger partial charge is 0.224 e. The van der Waals surface area contributed by atoms with Crippen molar-refractivity contribution in [2.45, 2.75) is 89.8 Å². The van der Waals surface area contributed by atoms with Crippen molar-refractivity contribution in [3.05, 3.63) is 30.1 Å². The molecule has 0 spiro atoms. The van der Waals surface area contributed by atoms with Gasteiger partial charge in [-0.05, 0) is 88.9 Å². The van der Waals surface area contributed by atoms with Gasteiger partial charge in [-0.25, -0.2) is 4.98 Å². The minimum Gasteiger partial charge on any atom is -0.393 e. The van der Waals surface area contributed by atoms with Crippen LogP contribution in [0.15, 0.2) is 24.5 Å². The lowest BCUT2D eigenvalue weighted by Crippen LogP contribution is -2.29. The van der Waals surface area contributed by atoms with Crippen LogP contribution in [0.1, 0.15) is 70.8 Å². The number of hydrogen-bond acceptors (Lipinski definition) is 7. The molecule has 1 atom stereocenters. The molecule has 1 unspecified atom stereocenters. The van der Waals surface area contributed by atoms with E-state index in [0.717, 1.165) is 81.0 Å². The zero-order chi connectivity index (χ0) is 23.0. The number of nitrogens with one attached hydrogen (secondary N) is 3. The molecule has 33 heavy (non-hydrogen) atoms. The number of aliphatic hydroxyl groups is 1. The Kier molecular flexibility index (Phi) is 8.51. The Balaban J connectivity index is 1.52. The van der Waals surface area contributed by atoms with Gasteiger partial charge in [-0.15, -0.1) is 0 Å². The second-order valence-corrected chi connectivity index (χ2v) is 9.89. The number of pyridine rings is 1. The first kappa shape index (κ1) is 23.9. The first-order valence-electron chi connectivity index (χ1n) is 12.8. The van der Waals surface area contributed by atoms with E-state index >= 15 is 0 Å². The van der Waals surface area contributed by atoms with E-state index in [0.29, 0.717) is 18.0 Å². The molecule has 1 saturated carbocycles. The Hall–Kier alpha value is -2.25. The van der Waals surface area contributed by atoms with Crippen LogP contribution in [0.5, 0.6) is 0 Å². The largest absolute Gasteiger partial charge is 0.393 e. The molecule has 4 rings (SSSR count). The van der Waals surface area contributed by atoms with Crippen molar-refractivity contribution >= 4 is 11.8 Å². The third kappa shape index (κ3) is 6.87. The third-order valence-corrected chi connectivity index (χ3v) is 7.01. The number of aliphatic hydroxyl groups excluding tert-OH is 1. The monoisotopic (exact) mass is 452 g/mol. The number of hydrogen-bond donors (Lipinski definition) is 4. The maximum absolute atomic E-state index is 9.89. The fraction of sp³-hybridized carbons (Fsp3) is 0.654. The highest BCUT2D eigenvalue weighted by atomic mass is 16.3. The van der Waals surface area contributed by atoms with Gasteiger partial charge in [-0.2, -0.15) is 4.98 Å². The summed E-state index contributed by atoms with van der Waals surface area (Å²) in [7, 11) is 0. The summed E-state index contributed by atoms with van der Waals surface area (Å²) in [5.74, 6) is 2.23. The highest BCUT2D eigenvalue weighted by Crippen LogP contribution is 2.29. The highest BCUT2D eigenvalue weighted by Gasteiger charge is 2.22. The maximum atomic E-state index is 9.89. The van der Waals surface area contributed by atoms with Crippen LogP contribution >= 0.6 is 0 Å². The van der Waals surface area contributed by atoms with E-state index in [-0.39, 0.29) is 6.10 Å². The predicted octanol–water partition coefficient (Wildman–Crippen LogP) is 4.40. The molecule has 1 aliphatic carbocycles. The number of rotatable bonds is 9. The van der Waals surface area contributed by atoms with Crippen LogP contribution in [-0.4, -0.2) is 51.3 Å². The SMILES string of the molecule is CCCC(C)Nc1ncc(-c2ccc(CC3CCNCC3)cn2)c(NC2CCC(O)CC2)n1. The number of anilines is 2. The Morgan fingerprint density at radius 2 is 1.85 bits per heavy atom. The molecule has 0 aromatic carbocycles. The van der Waals surface area contributed by atoms with Crippen molar-refractivity contribution in [2.75, 3.05) is 23.7 Å². The summed E-state index contributed by atoms with van der Waals surface area (Å²) in [5, 5.41) is 20.4. The molecule has 2 aromatic rings. The van der Waals surface area contributed by atoms with Gasteiger partial charge in [0.2, 0.25) is 5.95 Å². The summed E-state index contributed by atoms with van der Waals surface area (Å²) >= 11 is 0. The van der Waals surface area contributed by atoms with Gasteiger partial charge in [-0.1, -0.05) is 19.4 Å². The molecule has 7 heteroatoms. The van der Waals surface area contributed by atoms with Gasteiger partial charge in [0.25, 0.3) is 0 Å². The van der Waals surface area contributed by atoms with Crippen LogP contribution in [0.4, 0.5) is 11.8 Å². The van der Waals surface area contributed by atoms with E-state index in [1.807, 2.05) is 12.4 Å². The fourth-order valence-corrected chi connectivity index (χ4v) is 5.01. The highest BCUT2D eigenvalue weighted by molar-refractivity contribution is 5.73. The van der Waals surface area contributed by atoms with E-state index < -0.39 is 0 Å². The number of aromatic nitrogens is 3. The van der Waals surface area contributed by atoms with E-state index in [1.165, 1.54) is 18.4 Å². The summed E-state index contributed by atoms with van der Waals surface area (Å²) in [6, 6.07) is 4.95. The maximum Gasteiger partial charge on any atom is 0.224 e. The van der Waals surface area contributed by atoms with Gasteiger partial charge in [-0.3, -0.25) is 4.98 Å². The minimum absolute atomic E-state index is 0.172. The molecular weight excluding hydrogens is 412 g/mol. The fourth-order valence-electron chi connectivity index (χ4n) is 5.01. The van der Waals surface area contributed by atoms with E-state index in [9.17, 15) is 5.11 Å². The van der Waals surface area contributed by atoms with Gasteiger partial charge in [0.05, 0.1) is 17.4 Å². The predicted molar refractivity (Wildman–Crippen MR) is 134 cm³/mol. The van der Waals surface area contributed by atoms with Gasteiger partial charge in [0.1, 0.15) is 5.82 Å². The molecule has 2 aromatic heterocycles. The van der Waals surface area contributed by atoms with Crippen LogP contribution in [0, 0.1) is 5.92 Å². The average Bonchev–Trinajstić information content (AvgIpc) is 2.82. The first-order chi connectivity index (χ1) is 16.1. The first-order valence-corrected chi connectivity index (χ1v) is 12.8. The molecule has 7 nitrogen and oxygen atoms in total. The quantitative estimate of drug-likeness (QED) is 0.448. The van der Waals surface area contributed by atoms with Crippen LogP contribution < -0.4 is 16.0 Å². The Morgan fingerprint density at radius 3 is 2.55 bits per heavy atom.